The molecule has 0 amide bonds. The van der Waals surface area contributed by atoms with E-state index in [9.17, 15) is 9.90 Å². The SMILES string of the molecule is CCc1nc2c(C)cc(C)nc2n1Cc1ccc2nn(-c3ccccc3C(=O)O)c(Br)c2c1.[NaH]. The molecule has 34 heavy (non-hydrogen) atoms. The van der Waals surface area contributed by atoms with E-state index in [1.165, 1.54) is 0 Å². The summed E-state index contributed by atoms with van der Waals surface area (Å²) in [5.74, 6) is 0.00589. The van der Waals surface area contributed by atoms with Crippen molar-refractivity contribution in [3.05, 3.63) is 81.3 Å². The summed E-state index contributed by atoms with van der Waals surface area (Å²) in [6, 6.07) is 15.0. The number of aromatic nitrogens is 5. The molecule has 0 unspecified atom stereocenters. The van der Waals surface area contributed by atoms with Gasteiger partial charge in [-0.1, -0.05) is 25.1 Å². The fourth-order valence-electron chi connectivity index (χ4n) is 4.27. The van der Waals surface area contributed by atoms with Crippen molar-refractivity contribution in [2.75, 3.05) is 0 Å². The Labute approximate surface area is 227 Å². The first-order chi connectivity index (χ1) is 15.9. The van der Waals surface area contributed by atoms with Crippen molar-refractivity contribution < 1.29 is 9.90 Å². The topological polar surface area (TPSA) is 85.8 Å². The van der Waals surface area contributed by atoms with E-state index in [2.05, 4.69) is 51.6 Å². The van der Waals surface area contributed by atoms with Crippen LogP contribution in [0.1, 0.15) is 39.9 Å². The zero-order valence-electron chi connectivity index (χ0n) is 18.5. The van der Waals surface area contributed by atoms with Gasteiger partial charge in [0.2, 0.25) is 0 Å². The number of hydrogen-bond acceptors (Lipinski definition) is 4. The molecular formula is C25H23BrN5NaO2. The van der Waals surface area contributed by atoms with E-state index in [0.717, 1.165) is 51.1 Å². The van der Waals surface area contributed by atoms with Crippen LogP contribution in [0.5, 0.6) is 0 Å². The number of carbonyl (C=O) groups is 1. The van der Waals surface area contributed by atoms with Gasteiger partial charge in [-0.15, -0.1) is 0 Å². The molecule has 0 spiro atoms. The van der Waals surface area contributed by atoms with Crippen LogP contribution in [0.2, 0.25) is 0 Å². The Bertz CT molecular complexity index is 1560. The molecule has 0 atom stereocenters. The molecule has 5 aromatic rings. The fraction of sp³-hybridized carbons (Fsp3) is 0.200. The number of aromatic carboxylic acids is 1. The average Bonchev–Trinajstić information content (AvgIpc) is 3.31. The van der Waals surface area contributed by atoms with E-state index in [-0.39, 0.29) is 35.1 Å². The quantitative estimate of drug-likeness (QED) is 0.331. The Hall–Kier alpha value is -2.52. The zero-order chi connectivity index (χ0) is 23.3. The molecular weight excluding hydrogens is 505 g/mol. The molecule has 0 fully saturated rings. The molecule has 7 nitrogen and oxygen atoms in total. The van der Waals surface area contributed by atoms with Gasteiger partial charge in [-0.3, -0.25) is 0 Å². The third-order valence-corrected chi connectivity index (χ3v) is 6.56. The van der Waals surface area contributed by atoms with Gasteiger partial charge in [0, 0.05) is 17.5 Å². The molecule has 2 aromatic carbocycles. The molecule has 0 aliphatic heterocycles. The van der Waals surface area contributed by atoms with Crippen molar-refractivity contribution in [2.45, 2.75) is 33.7 Å². The number of aryl methyl sites for hydroxylation is 3. The normalized spacial score (nSPS) is 11.2. The summed E-state index contributed by atoms with van der Waals surface area (Å²) < 4.78 is 4.52. The number of para-hydroxylation sites is 1. The van der Waals surface area contributed by atoms with Crippen LogP contribution in [0.4, 0.5) is 0 Å². The van der Waals surface area contributed by atoms with Crippen molar-refractivity contribution in [3.8, 4) is 5.69 Å². The summed E-state index contributed by atoms with van der Waals surface area (Å²) in [5, 5.41) is 15.1. The summed E-state index contributed by atoms with van der Waals surface area (Å²) in [6.07, 6.45) is 0.810. The second-order valence-electron chi connectivity index (χ2n) is 8.10. The van der Waals surface area contributed by atoms with E-state index in [4.69, 9.17) is 9.97 Å². The van der Waals surface area contributed by atoms with Crippen LogP contribution in [0.15, 0.2) is 53.1 Å². The van der Waals surface area contributed by atoms with Crippen LogP contribution in [0.25, 0.3) is 27.8 Å². The minimum atomic E-state index is -0.991. The summed E-state index contributed by atoms with van der Waals surface area (Å²) in [4.78, 5) is 21.3. The number of rotatable bonds is 5. The molecule has 0 aliphatic carbocycles. The predicted octanol–water partition coefficient (Wildman–Crippen LogP) is 4.81. The van der Waals surface area contributed by atoms with Gasteiger partial charge in [0.1, 0.15) is 15.9 Å². The van der Waals surface area contributed by atoms with E-state index in [1.54, 1.807) is 28.9 Å². The Morgan fingerprint density at radius 1 is 1.09 bits per heavy atom. The Morgan fingerprint density at radius 3 is 2.59 bits per heavy atom. The number of pyridine rings is 1. The molecule has 5 rings (SSSR count). The summed E-state index contributed by atoms with van der Waals surface area (Å²) in [5.41, 5.74) is 6.51. The van der Waals surface area contributed by atoms with E-state index < -0.39 is 5.97 Å². The van der Waals surface area contributed by atoms with Crippen molar-refractivity contribution in [1.29, 1.82) is 0 Å². The Balaban J connectivity index is 0.00000274. The molecule has 0 bridgehead atoms. The van der Waals surface area contributed by atoms with E-state index >= 15 is 0 Å². The third-order valence-electron chi connectivity index (χ3n) is 5.80. The molecule has 0 saturated carbocycles. The van der Waals surface area contributed by atoms with Crippen LogP contribution in [-0.4, -0.2) is 64.9 Å². The third kappa shape index (κ3) is 4.20. The first-order valence-corrected chi connectivity index (χ1v) is 11.5. The molecule has 0 aliphatic rings. The van der Waals surface area contributed by atoms with E-state index in [1.807, 2.05) is 19.1 Å². The molecule has 0 saturated heterocycles. The second-order valence-corrected chi connectivity index (χ2v) is 8.85. The monoisotopic (exact) mass is 527 g/mol. The van der Waals surface area contributed by atoms with Gasteiger partial charge in [-0.2, -0.15) is 5.10 Å². The van der Waals surface area contributed by atoms with Gasteiger partial charge in [0.25, 0.3) is 0 Å². The summed E-state index contributed by atoms with van der Waals surface area (Å²) in [6.45, 7) is 6.81. The van der Waals surface area contributed by atoms with E-state index in [0.29, 0.717) is 16.8 Å². The molecule has 9 heteroatoms. The Morgan fingerprint density at radius 2 is 1.85 bits per heavy atom. The summed E-state index contributed by atoms with van der Waals surface area (Å²) >= 11 is 3.65. The van der Waals surface area contributed by atoms with Crippen LogP contribution in [0, 0.1) is 13.8 Å². The number of fused-ring (bicyclic) bond motifs is 2. The first kappa shape index (κ1) is 24.6. The maximum atomic E-state index is 11.7. The van der Waals surface area contributed by atoms with Crippen LogP contribution in [-0.2, 0) is 13.0 Å². The number of carboxylic acid groups (broad SMARTS) is 1. The number of imidazole rings is 1. The van der Waals surface area contributed by atoms with Crippen LogP contribution in [0.3, 0.4) is 0 Å². The van der Waals surface area contributed by atoms with Crippen molar-refractivity contribution in [3.63, 3.8) is 0 Å². The summed E-state index contributed by atoms with van der Waals surface area (Å²) in [7, 11) is 0. The Kier molecular flexibility index (Phi) is 6.96. The average molecular weight is 528 g/mol. The zero-order valence-corrected chi connectivity index (χ0v) is 20.1. The number of halogens is 1. The standard InChI is InChI=1S/C25H22BrN5O2.Na.H/c1-4-21-28-22-14(2)11-15(3)27-24(22)30(21)13-16-9-10-19-18(12-16)23(26)31(29-19)20-8-6-5-7-17(20)25(32)33;;/h5-12H,4,13H2,1-3H3,(H,32,33);;. The molecule has 0 radical (unpaired) electrons. The number of carboxylic acids is 1. The number of benzene rings is 2. The number of nitrogens with zero attached hydrogens (tertiary/aromatic N) is 5. The minimum absolute atomic E-state index is 0. The molecule has 3 aromatic heterocycles. The van der Waals surface area contributed by atoms with Gasteiger partial charge in [-0.05, 0) is 71.2 Å². The van der Waals surface area contributed by atoms with Crippen molar-refractivity contribution in [1.82, 2.24) is 24.3 Å². The molecule has 1 N–H and O–H groups in total. The van der Waals surface area contributed by atoms with Gasteiger partial charge >= 0.3 is 35.5 Å². The van der Waals surface area contributed by atoms with Gasteiger partial charge in [-0.25, -0.2) is 19.4 Å². The van der Waals surface area contributed by atoms with Crippen LogP contribution >= 0.6 is 15.9 Å². The molecule has 3 heterocycles. The fourth-order valence-corrected chi connectivity index (χ4v) is 4.85. The molecule has 168 valence electrons. The van der Waals surface area contributed by atoms with Gasteiger partial charge < -0.3 is 9.67 Å². The second kappa shape index (κ2) is 9.62. The van der Waals surface area contributed by atoms with Gasteiger partial charge in [0.15, 0.2) is 5.65 Å². The van der Waals surface area contributed by atoms with Crippen molar-refractivity contribution in [2.24, 2.45) is 0 Å². The van der Waals surface area contributed by atoms with Gasteiger partial charge in [0.05, 0.1) is 23.3 Å². The predicted molar refractivity (Wildman–Crippen MR) is 138 cm³/mol. The van der Waals surface area contributed by atoms with Crippen LogP contribution < -0.4 is 0 Å². The maximum absolute atomic E-state index is 11.7. The first-order valence-electron chi connectivity index (χ1n) is 10.7. The van der Waals surface area contributed by atoms with Crippen molar-refractivity contribution >= 4 is 73.5 Å². The number of hydrogen-bond donors (Lipinski definition) is 1.